The largest absolute Gasteiger partial charge is 0.377 e. The van der Waals surface area contributed by atoms with Crippen molar-refractivity contribution in [1.82, 2.24) is 0 Å². The Morgan fingerprint density at radius 1 is 1.50 bits per heavy atom. The molecular weight excluding hydrogens is 272 g/mol. The lowest BCUT2D eigenvalue weighted by atomic mass is 10.1. The van der Waals surface area contributed by atoms with Crippen LogP contribution in [0.25, 0.3) is 0 Å². The van der Waals surface area contributed by atoms with Crippen LogP contribution in [0.3, 0.4) is 0 Å². The van der Waals surface area contributed by atoms with Gasteiger partial charge in [0.15, 0.2) is 0 Å². The number of ether oxygens (including phenoxy) is 1. The number of amides is 1. The number of rotatable bonds is 0. The van der Waals surface area contributed by atoms with Crippen molar-refractivity contribution in [3.8, 4) is 0 Å². The standard InChI is InChI=1S/C11H11BrN2O2/c12-7-1-2-9-8(5-7)13-11(15)10-6-16-4-3-14(9)10/h1-2,5,10H,3-4,6H2,(H,13,15)/t10-/m0/s1. The Balaban J connectivity index is 2.06. The topological polar surface area (TPSA) is 41.6 Å². The van der Waals surface area contributed by atoms with Gasteiger partial charge in [0.25, 0.3) is 0 Å². The van der Waals surface area contributed by atoms with Crippen LogP contribution in [-0.4, -0.2) is 31.7 Å². The summed E-state index contributed by atoms with van der Waals surface area (Å²) in [5.74, 6) is 0.0188. The second kappa shape index (κ2) is 3.75. The van der Waals surface area contributed by atoms with Crippen molar-refractivity contribution in [2.45, 2.75) is 6.04 Å². The normalized spacial score (nSPS) is 23.4. The van der Waals surface area contributed by atoms with Gasteiger partial charge in [-0.1, -0.05) is 15.9 Å². The van der Waals surface area contributed by atoms with E-state index in [1.807, 2.05) is 18.2 Å². The third kappa shape index (κ3) is 1.51. The van der Waals surface area contributed by atoms with Crippen molar-refractivity contribution in [2.24, 2.45) is 0 Å². The van der Waals surface area contributed by atoms with Crippen molar-refractivity contribution in [3.63, 3.8) is 0 Å². The van der Waals surface area contributed by atoms with Crippen LogP contribution < -0.4 is 10.2 Å². The van der Waals surface area contributed by atoms with E-state index in [9.17, 15) is 4.79 Å². The van der Waals surface area contributed by atoms with Crippen LogP contribution in [0.5, 0.6) is 0 Å². The molecule has 2 aliphatic heterocycles. The number of carbonyl (C=O) groups is 1. The molecule has 84 valence electrons. The van der Waals surface area contributed by atoms with Crippen LogP contribution >= 0.6 is 15.9 Å². The maximum absolute atomic E-state index is 11.9. The van der Waals surface area contributed by atoms with Gasteiger partial charge in [-0.05, 0) is 18.2 Å². The molecule has 0 radical (unpaired) electrons. The fourth-order valence-electron chi connectivity index (χ4n) is 2.18. The molecule has 1 aromatic carbocycles. The van der Waals surface area contributed by atoms with Gasteiger partial charge in [-0.15, -0.1) is 0 Å². The molecule has 3 rings (SSSR count). The van der Waals surface area contributed by atoms with E-state index in [1.54, 1.807) is 0 Å². The van der Waals surface area contributed by atoms with Crippen molar-refractivity contribution in [1.29, 1.82) is 0 Å². The molecular formula is C11H11BrN2O2. The molecule has 0 unspecified atom stereocenters. The molecule has 1 atom stereocenters. The van der Waals surface area contributed by atoms with E-state index in [0.717, 1.165) is 22.4 Å². The van der Waals surface area contributed by atoms with Crippen LogP contribution in [0.2, 0.25) is 0 Å². The Labute approximate surface area is 102 Å². The molecule has 5 heteroatoms. The van der Waals surface area contributed by atoms with Crippen LogP contribution in [0.4, 0.5) is 11.4 Å². The molecule has 2 heterocycles. The fraction of sp³-hybridized carbons (Fsp3) is 0.364. The molecule has 1 fully saturated rings. The molecule has 1 aromatic rings. The summed E-state index contributed by atoms with van der Waals surface area (Å²) >= 11 is 3.40. The number of halogens is 1. The first-order valence-corrected chi connectivity index (χ1v) is 6.00. The lowest BCUT2D eigenvalue weighted by molar-refractivity contribution is -0.119. The molecule has 1 amide bonds. The predicted molar refractivity (Wildman–Crippen MR) is 64.7 cm³/mol. The number of fused-ring (bicyclic) bond motifs is 3. The average Bonchev–Trinajstić information content (AvgIpc) is 2.29. The van der Waals surface area contributed by atoms with Gasteiger partial charge in [0.2, 0.25) is 5.91 Å². The van der Waals surface area contributed by atoms with Crippen LogP contribution in [-0.2, 0) is 9.53 Å². The summed E-state index contributed by atoms with van der Waals surface area (Å²) in [6.07, 6.45) is 0. The van der Waals surface area contributed by atoms with E-state index >= 15 is 0 Å². The van der Waals surface area contributed by atoms with Gasteiger partial charge in [0.1, 0.15) is 6.04 Å². The van der Waals surface area contributed by atoms with Crippen molar-refractivity contribution < 1.29 is 9.53 Å². The second-order valence-electron chi connectivity index (χ2n) is 3.93. The zero-order chi connectivity index (χ0) is 11.1. The summed E-state index contributed by atoms with van der Waals surface area (Å²) < 4.78 is 6.31. The Hall–Kier alpha value is -1.07. The Kier molecular flexibility index (Phi) is 2.37. The van der Waals surface area contributed by atoms with Gasteiger partial charge >= 0.3 is 0 Å². The van der Waals surface area contributed by atoms with E-state index in [0.29, 0.717) is 13.2 Å². The van der Waals surface area contributed by atoms with E-state index in [4.69, 9.17) is 4.74 Å². The van der Waals surface area contributed by atoms with Crippen molar-refractivity contribution in [3.05, 3.63) is 22.7 Å². The molecule has 0 bridgehead atoms. The number of hydrogen-bond acceptors (Lipinski definition) is 3. The van der Waals surface area contributed by atoms with Crippen molar-refractivity contribution in [2.75, 3.05) is 30.0 Å². The van der Waals surface area contributed by atoms with Crippen molar-refractivity contribution >= 4 is 33.2 Å². The molecule has 0 spiro atoms. The van der Waals surface area contributed by atoms with Gasteiger partial charge in [-0.25, -0.2) is 0 Å². The Bertz CT molecular complexity index is 450. The summed E-state index contributed by atoms with van der Waals surface area (Å²) in [6, 6.07) is 5.77. The van der Waals surface area contributed by atoms with Gasteiger partial charge < -0.3 is 15.0 Å². The molecule has 0 aliphatic carbocycles. The zero-order valence-corrected chi connectivity index (χ0v) is 10.2. The average molecular weight is 283 g/mol. The van der Waals surface area contributed by atoms with E-state index in [1.165, 1.54) is 0 Å². The molecule has 1 saturated heterocycles. The minimum Gasteiger partial charge on any atom is -0.377 e. The highest BCUT2D eigenvalue weighted by atomic mass is 79.9. The SMILES string of the molecule is O=C1Nc2cc(Br)ccc2N2CCOC[C@@H]12. The lowest BCUT2D eigenvalue weighted by Gasteiger charge is -2.40. The number of nitrogens with one attached hydrogen (secondary N) is 1. The minimum absolute atomic E-state index is 0.0188. The maximum Gasteiger partial charge on any atom is 0.249 e. The number of anilines is 2. The molecule has 2 aliphatic rings. The minimum atomic E-state index is -0.178. The Morgan fingerprint density at radius 3 is 3.25 bits per heavy atom. The predicted octanol–water partition coefficient (Wildman–Crippen LogP) is 1.61. The highest BCUT2D eigenvalue weighted by Crippen LogP contribution is 2.35. The smallest absolute Gasteiger partial charge is 0.249 e. The van der Waals surface area contributed by atoms with Crippen LogP contribution in [0, 0.1) is 0 Å². The van der Waals surface area contributed by atoms with Gasteiger partial charge in [0, 0.05) is 11.0 Å². The first kappa shape index (κ1) is 10.1. The maximum atomic E-state index is 11.9. The molecule has 1 N–H and O–H groups in total. The summed E-state index contributed by atoms with van der Waals surface area (Å²) in [5, 5.41) is 2.91. The summed E-state index contributed by atoms with van der Waals surface area (Å²) in [5.41, 5.74) is 1.95. The summed E-state index contributed by atoms with van der Waals surface area (Å²) in [6.45, 7) is 1.92. The highest BCUT2D eigenvalue weighted by molar-refractivity contribution is 9.10. The number of carbonyl (C=O) groups excluding carboxylic acids is 1. The monoisotopic (exact) mass is 282 g/mol. The van der Waals surface area contributed by atoms with E-state index in [-0.39, 0.29) is 11.9 Å². The summed E-state index contributed by atoms with van der Waals surface area (Å²) in [4.78, 5) is 14.0. The third-order valence-corrected chi connectivity index (χ3v) is 3.45. The lowest BCUT2D eigenvalue weighted by Crippen LogP contribution is -2.54. The van der Waals surface area contributed by atoms with Gasteiger partial charge in [-0.3, -0.25) is 4.79 Å². The van der Waals surface area contributed by atoms with Crippen LogP contribution in [0.1, 0.15) is 0 Å². The number of nitrogens with zero attached hydrogens (tertiary/aromatic N) is 1. The third-order valence-electron chi connectivity index (χ3n) is 2.96. The molecule has 16 heavy (non-hydrogen) atoms. The fourth-order valence-corrected chi connectivity index (χ4v) is 2.55. The molecule has 4 nitrogen and oxygen atoms in total. The highest BCUT2D eigenvalue weighted by Gasteiger charge is 2.35. The first-order chi connectivity index (χ1) is 7.75. The van der Waals surface area contributed by atoms with E-state index in [2.05, 4.69) is 26.1 Å². The quantitative estimate of drug-likeness (QED) is 0.786. The first-order valence-electron chi connectivity index (χ1n) is 5.20. The number of morpholine rings is 1. The summed E-state index contributed by atoms with van der Waals surface area (Å²) in [7, 11) is 0. The second-order valence-corrected chi connectivity index (χ2v) is 4.85. The van der Waals surface area contributed by atoms with Gasteiger partial charge in [-0.2, -0.15) is 0 Å². The Morgan fingerprint density at radius 2 is 2.38 bits per heavy atom. The zero-order valence-electron chi connectivity index (χ0n) is 8.57. The number of hydrogen-bond donors (Lipinski definition) is 1. The van der Waals surface area contributed by atoms with Crippen LogP contribution in [0.15, 0.2) is 22.7 Å². The molecule has 0 aromatic heterocycles. The number of benzene rings is 1. The molecule has 0 saturated carbocycles. The van der Waals surface area contributed by atoms with E-state index < -0.39 is 0 Å². The van der Waals surface area contributed by atoms with Gasteiger partial charge in [0.05, 0.1) is 24.6 Å².